The predicted octanol–water partition coefficient (Wildman–Crippen LogP) is 3.40. The second-order valence-electron chi connectivity index (χ2n) is 4.89. The highest BCUT2D eigenvalue weighted by Crippen LogP contribution is 2.24. The van der Waals surface area contributed by atoms with Crippen molar-refractivity contribution >= 4 is 0 Å². The van der Waals surface area contributed by atoms with E-state index in [1.54, 1.807) is 6.20 Å². The van der Waals surface area contributed by atoms with Crippen LogP contribution in [0.2, 0.25) is 0 Å². The first-order chi connectivity index (χ1) is 9.69. The number of nitrogens with one attached hydrogen (secondary N) is 1. The number of hydrogen-bond acceptors (Lipinski definition) is 3. The third-order valence-electron chi connectivity index (χ3n) is 3.01. The van der Waals surface area contributed by atoms with Gasteiger partial charge in [-0.1, -0.05) is 0 Å². The van der Waals surface area contributed by atoms with E-state index < -0.39 is 11.6 Å². The molecule has 0 aliphatic heterocycles. The number of hydrogen-bond donors (Lipinski definition) is 1. The lowest BCUT2D eigenvalue weighted by Gasteiger charge is -2.08. The van der Waals surface area contributed by atoms with Gasteiger partial charge in [-0.15, -0.1) is 0 Å². The fourth-order valence-electron chi connectivity index (χ4n) is 1.89. The summed E-state index contributed by atoms with van der Waals surface area (Å²) < 4.78 is 31.6. The van der Waals surface area contributed by atoms with E-state index >= 15 is 0 Å². The molecule has 1 heterocycles. The summed E-state index contributed by atoms with van der Waals surface area (Å²) in [6.45, 7) is 0.715. The van der Waals surface area contributed by atoms with Crippen LogP contribution in [0.1, 0.15) is 18.4 Å². The minimum atomic E-state index is -0.667. The maximum atomic E-state index is 13.1. The Kier molecular flexibility index (Phi) is 3.60. The molecule has 0 bridgehead atoms. The Morgan fingerprint density at radius 3 is 2.50 bits per heavy atom. The molecular formula is C15H14F2N2O. The Hall–Kier alpha value is -2.01. The summed E-state index contributed by atoms with van der Waals surface area (Å²) in [4.78, 5) is 4.07. The van der Waals surface area contributed by atoms with Crippen LogP contribution in [0, 0.1) is 11.6 Å². The Labute approximate surface area is 115 Å². The van der Waals surface area contributed by atoms with Crippen LogP contribution < -0.4 is 10.1 Å². The van der Waals surface area contributed by atoms with Crippen molar-refractivity contribution in [2.45, 2.75) is 25.4 Å². The zero-order chi connectivity index (χ0) is 13.9. The molecule has 0 amide bonds. The maximum absolute atomic E-state index is 13.1. The average Bonchev–Trinajstić information content (AvgIpc) is 3.19. The third-order valence-corrected chi connectivity index (χ3v) is 3.01. The monoisotopic (exact) mass is 276 g/mol. The van der Waals surface area contributed by atoms with Gasteiger partial charge in [-0.3, -0.25) is 4.98 Å². The van der Waals surface area contributed by atoms with E-state index in [9.17, 15) is 8.78 Å². The van der Waals surface area contributed by atoms with Crippen LogP contribution in [-0.4, -0.2) is 11.0 Å². The van der Waals surface area contributed by atoms with E-state index in [4.69, 9.17) is 4.74 Å². The van der Waals surface area contributed by atoms with Gasteiger partial charge in [0.1, 0.15) is 23.1 Å². The van der Waals surface area contributed by atoms with Crippen LogP contribution in [0.15, 0.2) is 36.7 Å². The van der Waals surface area contributed by atoms with Crippen LogP contribution in [0.5, 0.6) is 11.5 Å². The minimum absolute atomic E-state index is 0.122. The van der Waals surface area contributed by atoms with E-state index in [0.717, 1.165) is 23.8 Å². The lowest BCUT2D eigenvalue weighted by Crippen LogP contribution is -2.15. The summed E-state index contributed by atoms with van der Waals surface area (Å²) in [6, 6.07) is 5.50. The van der Waals surface area contributed by atoms with E-state index in [0.29, 0.717) is 18.3 Å². The van der Waals surface area contributed by atoms with Crippen LogP contribution in [-0.2, 0) is 6.54 Å². The van der Waals surface area contributed by atoms with E-state index in [-0.39, 0.29) is 5.75 Å². The first kappa shape index (κ1) is 13.0. The van der Waals surface area contributed by atoms with Crippen molar-refractivity contribution in [1.82, 2.24) is 10.3 Å². The van der Waals surface area contributed by atoms with E-state index in [2.05, 4.69) is 10.3 Å². The van der Waals surface area contributed by atoms with Crippen molar-refractivity contribution in [3.8, 4) is 11.5 Å². The van der Waals surface area contributed by atoms with Gasteiger partial charge in [-0.2, -0.15) is 0 Å². The van der Waals surface area contributed by atoms with Crippen molar-refractivity contribution in [3.05, 3.63) is 53.9 Å². The fourth-order valence-corrected chi connectivity index (χ4v) is 1.89. The molecule has 3 rings (SSSR count). The number of aromatic nitrogens is 1. The van der Waals surface area contributed by atoms with Crippen LogP contribution in [0.25, 0.3) is 0 Å². The highest BCUT2D eigenvalue weighted by molar-refractivity contribution is 5.32. The van der Waals surface area contributed by atoms with Gasteiger partial charge in [0.15, 0.2) is 0 Å². The zero-order valence-corrected chi connectivity index (χ0v) is 10.8. The molecule has 104 valence electrons. The van der Waals surface area contributed by atoms with Crippen molar-refractivity contribution in [2.24, 2.45) is 0 Å². The van der Waals surface area contributed by atoms with E-state index in [1.165, 1.54) is 19.0 Å². The molecule has 0 atom stereocenters. The predicted molar refractivity (Wildman–Crippen MR) is 70.5 cm³/mol. The third kappa shape index (κ3) is 3.51. The molecule has 0 radical (unpaired) electrons. The molecule has 1 fully saturated rings. The molecule has 20 heavy (non-hydrogen) atoms. The molecule has 1 aliphatic carbocycles. The lowest BCUT2D eigenvalue weighted by molar-refractivity contribution is 0.465. The van der Waals surface area contributed by atoms with Crippen molar-refractivity contribution in [3.63, 3.8) is 0 Å². The Morgan fingerprint density at radius 2 is 1.80 bits per heavy atom. The Balaban J connectivity index is 1.70. The number of halogens is 2. The summed E-state index contributed by atoms with van der Waals surface area (Å²) in [7, 11) is 0. The molecule has 2 aromatic rings. The van der Waals surface area contributed by atoms with Gasteiger partial charge in [-0.25, -0.2) is 8.78 Å². The van der Waals surface area contributed by atoms with Gasteiger partial charge >= 0.3 is 0 Å². The van der Waals surface area contributed by atoms with Crippen molar-refractivity contribution < 1.29 is 13.5 Å². The molecule has 0 spiro atoms. The fraction of sp³-hybridized carbons (Fsp3) is 0.267. The second-order valence-corrected chi connectivity index (χ2v) is 4.89. The smallest absolute Gasteiger partial charge is 0.146 e. The number of pyridine rings is 1. The van der Waals surface area contributed by atoms with Crippen LogP contribution >= 0.6 is 0 Å². The molecule has 1 aliphatic rings. The molecule has 1 aromatic carbocycles. The number of rotatable bonds is 5. The Morgan fingerprint density at radius 1 is 1.05 bits per heavy atom. The quantitative estimate of drug-likeness (QED) is 0.908. The van der Waals surface area contributed by atoms with Gasteiger partial charge in [0.2, 0.25) is 0 Å². The van der Waals surface area contributed by atoms with Crippen molar-refractivity contribution in [2.75, 3.05) is 0 Å². The Bertz CT molecular complexity index is 594. The highest BCUT2D eigenvalue weighted by atomic mass is 19.1. The zero-order valence-electron chi connectivity index (χ0n) is 10.8. The van der Waals surface area contributed by atoms with Gasteiger partial charge in [0.25, 0.3) is 0 Å². The standard InChI is InChI=1S/C15H14F2N2O/c16-11-4-12(17)6-14(5-11)20-15-3-10(7-18-9-15)8-19-13-1-2-13/h3-7,9,13,19H,1-2,8H2. The molecule has 5 heteroatoms. The topological polar surface area (TPSA) is 34.1 Å². The summed E-state index contributed by atoms with van der Waals surface area (Å²) in [6.07, 6.45) is 5.69. The lowest BCUT2D eigenvalue weighted by atomic mass is 10.2. The molecular weight excluding hydrogens is 262 g/mol. The molecule has 3 nitrogen and oxygen atoms in total. The summed E-state index contributed by atoms with van der Waals surface area (Å²) in [5, 5.41) is 3.37. The summed E-state index contributed by atoms with van der Waals surface area (Å²) in [5.74, 6) is -0.749. The van der Waals surface area contributed by atoms with Crippen LogP contribution in [0.4, 0.5) is 8.78 Å². The summed E-state index contributed by atoms with van der Waals surface area (Å²) >= 11 is 0. The van der Waals surface area contributed by atoms with Gasteiger partial charge in [0.05, 0.1) is 6.20 Å². The molecule has 0 unspecified atom stereocenters. The van der Waals surface area contributed by atoms with E-state index in [1.807, 2.05) is 6.07 Å². The first-order valence-corrected chi connectivity index (χ1v) is 6.50. The normalized spacial score (nSPS) is 14.3. The highest BCUT2D eigenvalue weighted by Gasteiger charge is 2.20. The first-order valence-electron chi connectivity index (χ1n) is 6.50. The SMILES string of the molecule is Fc1cc(F)cc(Oc2cncc(CNC3CC3)c2)c1. The largest absolute Gasteiger partial charge is 0.456 e. The number of nitrogens with zero attached hydrogens (tertiary/aromatic N) is 1. The molecule has 1 saturated carbocycles. The van der Waals surface area contributed by atoms with Crippen LogP contribution in [0.3, 0.4) is 0 Å². The molecule has 1 N–H and O–H groups in total. The van der Waals surface area contributed by atoms with Gasteiger partial charge < -0.3 is 10.1 Å². The van der Waals surface area contributed by atoms with Gasteiger partial charge in [-0.05, 0) is 24.5 Å². The summed E-state index contributed by atoms with van der Waals surface area (Å²) in [5.41, 5.74) is 0.978. The number of benzene rings is 1. The number of ether oxygens (including phenoxy) is 1. The van der Waals surface area contributed by atoms with Crippen molar-refractivity contribution in [1.29, 1.82) is 0 Å². The second kappa shape index (κ2) is 5.54. The molecule has 1 aromatic heterocycles. The van der Waals surface area contributed by atoms with Gasteiger partial charge in [0, 0.05) is 37.0 Å². The minimum Gasteiger partial charge on any atom is -0.456 e. The average molecular weight is 276 g/mol. The molecule has 0 saturated heterocycles. The maximum Gasteiger partial charge on any atom is 0.146 e.